The third kappa shape index (κ3) is 4.38. The quantitative estimate of drug-likeness (QED) is 0.741. The third-order valence-corrected chi connectivity index (χ3v) is 4.63. The number of carboxylic acids is 1. The van der Waals surface area contributed by atoms with E-state index < -0.39 is 17.4 Å². The number of carbonyl (C=O) groups excluding carboxylic acids is 1. The molecule has 5 nitrogen and oxygen atoms in total. The molecule has 0 spiro atoms. The lowest BCUT2D eigenvalue weighted by atomic mass is 9.75. The fourth-order valence-corrected chi connectivity index (χ4v) is 3.30. The summed E-state index contributed by atoms with van der Waals surface area (Å²) in [6.07, 6.45) is 4.72. The van der Waals surface area contributed by atoms with Crippen molar-refractivity contribution in [2.45, 2.75) is 24.5 Å². The van der Waals surface area contributed by atoms with Gasteiger partial charge in [-0.25, -0.2) is 0 Å². The van der Waals surface area contributed by atoms with E-state index in [4.69, 9.17) is 4.74 Å². The number of ether oxygens (including phenoxy) is 1. The van der Waals surface area contributed by atoms with Crippen molar-refractivity contribution in [1.82, 2.24) is 0 Å². The van der Waals surface area contributed by atoms with Gasteiger partial charge >= 0.3 is 5.97 Å². The normalized spacial score (nSPS) is 19.1. The lowest BCUT2D eigenvalue weighted by Gasteiger charge is -2.32. The standard InChI is InChI=1S/C22H21NO4/c24-20(16-27-15-17-8-3-1-4-9-17)22(12-7-13-23-22)19(14-21(25)26)18-10-5-2-6-11-18/h1-13,19H,14-16H2,(H,25,26). The second kappa shape index (κ2) is 8.56. The summed E-state index contributed by atoms with van der Waals surface area (Å²) >= 11 is 0. The van der Waals surface area contributed by atoms with Crippen LogP contribution in [0.2, 0.25) is 0 Å². The third-order valence-electron chi connectivity index (χ3n) is 4.63. The number of nitrogens with zero attached hydrogens (tertiary/aromatic N) is 1. The second-order valence-electron chi connectivity index (χ2n) is 6.43. The maximum atomic E-state index is 13.1. The minimum atomic E-state index is -1.25. The zero-order chi connectivity index (χ0) is 19.1. The summed E-state index contributed by atoms with van der Waals surface area (Å²) in [4.78, 5) is 28.9. The van der Waals surface area contributed by atoms with E-state index in [2.05, 4.69) is 4.99 Å². The molecule has 3 rings (SSSR count). The van der Waals surface area contributed by atoms with Crippen molar-refractivity contribution >= 4 is 18.0 Å². The van der Waals surface area contributed by atoms with Crippen molar-refractivity contribution in [2.24, 2.45) is 4.99 Å². The van der Waals surface area contributed by atoms with Gasteiger partial charge in [-0.2, -0.15) is 0 Å². The summed E-state index contributed by atoms with van der Waals surface area (Å²) < 4.78 is 5.61. The van der Waals surface area contributed by atoms with Gasteiger partial charge in [0.25, 0.3) is 0 Å². The molecule has 0 amide bonds. The Morgan fingerprint density at radius 1 is 1.04 bits per heavy atom. The molecule has 0 saturated carbocycles. The summed E-state index contributed by atoms with van der Waals surface area (Å²) in [7, 11) is 0. The molecule has 2 aromatic carbocycles. The minimum Gasteiger partial charge on any atom is -0.481 e. The van der Waals surface area contributed by atoms with Crippen LogP contribution in [0.25, 0.3) is 0 Å². The number of aliphatic carboxylic acids is 1. The molecule has 1 aliphatic heterocycles. The number of hydrogen-bond donors (Lipinski definition) is 1. The SMILES string of the molecule is O=C(O)CC(c1ccccc1)C1(C(=O)COCc2ccccc2)C=CC=N1. The Bertz CT molecular complexity index is 831. The molecule has 0 saturated heterocycles. The number of carbonyl (C=O) groups is 2. The van der Waals surface area contributed by atoms with Crippen molar-refractivity contribution in [3.8, 4) is 0 Å². The second-order valence-corrected chi connectivity index (χ2v) is 6.43. The highest BCUT2D eigenvalue weighted by Gasteiger charge is 2.45. The Morgan fingerprint density at radius 3 is 2.30 bits per heavy atom. The van der Waals surface area contributed by atoms with E-state index in [0.717, 1.165) is 11.1 Å². The highest BCUT2D eigenvalue weighted by atomic mass is 16.5. The van der Waals surface area contributed by atoms with Gasteiger partial charge in [-0.15, -0.1) is 0 Å². The summed E-state index contributed by atoms with van der Waals surface area (Å²) in [5.41, 5.74) is 0.478. The zero-order valence-electron chi connectivity index (χ0n) is 14.8. The van der Waals surface area contributed by atoms with Gasteiger partial charge in [0.05, 0.1) is 13.0 Å². The first-order valence-electron chi connectivity index (χ1n) is 8.76. The van der Waals surface area contributed by atoms with Crippen LogP contribution in [0.3, 0.4) is 0 Å². The van der Waals surface area contributed by atoms with E-state index >= 15 is 0 Å². The Hall–Kier alpha value is -3.05. The fourth-order valence-electron chi connectivity index (χ4n) is 3.30. The molecular weight excluding hydrogens is 342 g/mol. The summed E-state index contributed by atoms with van der Waals surface area (Å²) in [6.45, 7) is 0.171. The summed E-state index contributed by atoms with van der Waals surface area (Å²) in [6, 6.07) is 18.7. The molecule has 2 aromatic rings. The number of ketones is 1. The number of rotatable bonds is 9. The number of allylic oxidation sites excluding steroid dienone is 1. The number of aliphatic imine (C=N–C) groups is 1. The fraction of sp³-hybridized carbons (Fsp3) is 0.227. The maximum absolute atomic E-state index is 13.1. The maximum Gasteiger partial charge on any atom is 0.304 e. The molecule has 0 bridgehead atoms. The van der Waals surface area contributed by atoms with Gasteiger partial charge in [-0.05, 0) is 23.3 Å². The van der Waals surface area contributed by atoms with Crippen molar-refractivity contribution < 1.29 is 19.4 Å². The highest BCUT2D eigenvalue weighted by Crippen LogP contribution is 2.38. The first-order valence-corrected chi connectivity index (χ1v) is 8.76. The van der Waals surface area contributed by atoms with E-state index in [1.165, 1.54) is 0 Å². The molecule has 1 aliphatic rings. The molecule has 2 unspecified atom stereocenters. The van der Waals surface area contributed by atoms with Crippen LogP contribution >= 0.6 is 0 Å². The number of carboxylic acid groups (broad SMARTS) is 1. The van der Waals surface area contributed by atoms with Crippen LogP contribution in [0.1, 0.15) is 23.5 Å². The van der Waals surface area contributed by atoms with Crippen molar-refractivity contribution in [3.63, 3.8) is 0 Å². The highest BCUT2D eigenvalue weighted by molar-refractivity contribution is 5.98. The van der Waals surface area contributed by atoms with Gasteiger partial charge in [-0.1, -0.05) is 60.7 Å². The van der Waals surface area contributed by atoms with Gasteiger partial charge in [0.2, 0.25) is 0 Å². The van der Waals surface area contributed by atoms with Crippen LogP contribution in [-0.4, -0.2) is 35.2 Å². The van der Waals surface area contributed by atoms with Gasteiger partial charge in [0, 0.05) is 12.1 Å². The van der Waals surface area contributed by atoms with Crippen LogP contribution in [-0.2, 0) is 20.9 Å². The Kier molecular flexibility index (Phi) is 5.94. The Labute approximate surface area is 158 Å². The molecule has 138 valence electrons. The van der Waals surface area contributed by atoms with Gasteiger partial charge in [-0.3, -0.25) is 14.6 Å². The monoisotopic (exact) mass is 363 g/mol. The van der Waals surface area contributed by atoms with Crippen molar-refractivity contribution in [1.29, 1.82) is 0 Å². The molecule has 0 radical (unpaired) electrons. The zero-order valence-corrected chi connectivity index (χ0v) is 14.8. The molecular formula is C22H21NO4. The number of benzene rings is 2. The van der Waals surface area contributed by atoms with Crippen molar-refractivity contribution in [3.05, 3.63) is 83.9 Å². The van der Waals surface area contributed by atoms with E-state index in [9.17, 15) is 14.7 Å². The predicted molar refractivity (Wildman–Crippen MR) is 103 cm³/mol. The Balaban J connectivity index is 1.80. The minimum absolute atomic E-state index is 0.139. The largest absolute Gasteiger partial charge is 0.481 e. The van der Waals surface area contributed by atoms with Crippen LogP contribution < -0.4 is 0 Å². The van der Waals surface area contributed by atoms with E-state index in [0.29, 0.717) is 6.61 Å². The van der Waals surface area contributed by atoms with Gasteiger partial charge < -0.3 is 9.84 Å². The summed E-state index contributed by atoms with van der Waals surface area (Å²) in [5, 5.41) is 9.41. The lowest BCUT2D eigenvalue weighted by molar-refractivity contribution is -0.138. The van der Waals surface area contributed by atoms with Gasteiger partial charge in [0.15, 0.2) is 5.78 Å². The predicted octanol–water partition coefficient (Wildman–Crippen LogP) is 3.41. The van der Waals surface area contributed by atoms with E-state index in [1.807, 2.05) is 60.7 Å². The van der Waals surface area contributed by atoms with E-state index in [-0.39, 0.29) is 18.8 Å². The molecule has 0 fully saturated rings. The molecule has 1 N–H and O–H groups in total. The molecule has 1 heterocycles. The van der Waals surface area contributed by atoms with E-state index in [1.54, 1.807) is 18.4 Å². The molecule has 27 heavy (non-hydrogen) atoms. The van der Waals surface area contributed by atoms with Gasteiger partial charge in [0.1, 0.15) is 12.1 Å². The van der Waals surface area contributed by atoms with Crippen LogP contribution in [0.5, 0.6) is 0 Å². The van der Waals surface area contributed by atoms with Crippen LogP contribution in [0.4, 0.5) is 0 Å². The summed E-state index contributed by atoms with van der Waals surface area (Å²) in [5.74, 6) is -1.82. The van der Waals surface area contributed by atoms with Crippen LogP contribution in [0.15, 0.2) is 77.8 Å². The topological polar surface area (TPSA) is 76.0 Å². The molecule has 0 aromatic heterocycles. The first-order chi connectivity index (χ1) is 13.1. The average Bonchev–Trinajstić information content (AvgIpc) is 3.18. The van der Waals surface area contributed by atoms with Crippen molar-refractivity contribution in [2.75, 3.05) is 6.61 Å². The first kappa shape index (κ1) is 18.7. The molecule has 2 atom stereocenters. The van der Waals surface area contributed by atoms with Crippen LogP contribution in [0, 0.1) is 0 Å². The Morgan fingerprint density at radius 2 is 1.70 bits per heavy atom. The average molecular weight is 363 g/mol. The molecule has 5 heteroatoms. The number of hydrogen-bond acceptors (Lipinski definition) is 4. The molecule has 0 aliphatic carbocycles. The lowest BCUT2D eigenvalue weighted by Crippen LogP contribution is -2.43. The number of Topliss-reactive ketones (excluding diaryl/α,β-unsaturated/α-hetero) is 1. The smallest absolute Gasteiger partial charge is 0.304 e.